The van der Waals surface area contributed by atoms with Gasteiger partial charge in [-0.05, 0) is 46.9 Å². The summed E-state index contributed by atoms with van der Waals surface area (Å²) in [6.45, 7) is 0. The lowest BCUT2D eigenvalue weighted by molar-refractivity contribution is 0.318. The number of hydrogen-bond donors (Lipinski definition) is 2. The third kappa shape index (κ3) is 3.11. The quantitative estimate of drug-likeness (QED) is 0.284. The van der Waals surface area contributed by atoms with Crippen molar-refractivity contribution < 1.29 is 5.21 Å². The first-order valence-electron chi connectivity index (χ1n) is 5.41. The first kappa shape index (κ1) is 13.5. The molecular formula is C12H12IN5O. The Hall–Kier alpha value is -1.90. The average molecular weight is 369 g/mol. The molecule has 7 heteroatoms. The van der Waals surface area contributed by atoms with Crippen LogP contribution < -0.4 is 10.6 Å². The Bertz CT molecular complexity index is 582. The van der Waals surface area contributed by atoms with Gasteiger partial charge < -0.3 is 15.8 Å². The van der Waals surface area contributed by atoms with Crippen LogP contribution in [-0.2, 0) is 0 Å². The minimum atomic E-state index is 0.0831. The number of hydrogen-bond acceptors (Lipinski definition) is 5. The summed E-state index contributed by atoms with van der Waals surface area (Å²) in [4.78, 5) is 10.3. The van der Waals surface area contributed by atoms with Gasteiger partial charge in [-0.1, -0.05) is 5.16 Å². The van der Waals surface area contributed by atoms with Gasteiger partial charge >= 0.3 is 0 Å². The maximum absolute atomic E-state index is 8.60. The zero-order valence-electron chi connectivity index (χ0n) is 10.2. The van der Waals surface area contributed by atoms with Crippen LogP contribution in [0.25, 0.3) is 0 Å². The van der Waals surface area contributed by atoms with E-state index in [1.54, 1.807) is 24.5 Å². The second-order valence-electron chi connectivity index (χ2n) is 3.79. The Morgan fingerprint density at radius 2 is 1.84 bits per heavy atom. The van der Waals surface area contributed by atoms with Crippen molar-refractivity contribution in [2.24, 2.45) is 10.9 Å². The van der Waals surface area contributed by atoms with E-state index in [9.17, 15) is 0 Å². The summed E-state index contributed by atoms with van der Waals surface area (Å²) in [5.74, 6) is 0.691. The Morgan fingerprint density at radius 1 is 1.26 bits per heavy atom. The summed E-state index contributed by atoms with van der Waals surface area (Å²) in [6.07, 6.45) is 3.51. The Morgan fingerprint density at radius 3 is 2.37 bits per heavy atom. The van der Waals surface area contributed by atoms with Crippen LogP contribution in [0, 0.1) is 3.57 Å². The highest BCUT2D eigenvalue weighted by Gasteiger charge is 2.07. The molecule has 0 bridgehead atoms. The molecule has 0 fully saturated rings. The Labute approximate surface area is 124 Å². The Balaban J connectivity index is 2.24. The number of oxime groups is 1. The minimum Gasteiger partial charge on any atom is -0.409 e. The highest BCUT2D eigenvalue weighted by Crippen LogP contribution is 2.20. The molecule has 3 N–H and O–H groups in total. The predicted molar refractivity (Wildman–Crippen MR) is 81.8 cm³/mol. The average Bonchev–Trinajstić information content (AvgIpc) is 2.46. The molecule has 0 saturated heterocycles. The van der Waals surface area contributed by atoms with Crippen LogP contribution in [0.15, 0.2) is 41.8 Å². The number of amidine groups is 1. The Kier molecular flexibility index (Phi) is 4.15. The van der Waals surface area contributed by atoms with Crippen LogP contribution in [0.4, 0.5) is 11.6 Å². The van der Waals surface area contributed by atoms with E-state index in [-0.39, 0.29) is 5.84 Å². The van der Waals surface area contributed by atoms with Crippen LogP contribution in [-0.4, -0.2) is 28.1 Å². The number of aromatic nitrogens is 2. The topological polar surface area (TPSA) is 87.6 Å². The highest BCUT2D eigenvalue weighted by molar-refractivity contribution is 14.1. The maximum Gasteiger partial charge on any atom is 0.229 e. The number of anilines is 2. The molecule has 0 aliphatic heterocycles. The summed E-state index contributed by atoms with van der Waals surface area (Å²) in [7, 11) is 1.88. The van der Waals surface area contributed by atoms with E-state index in [2.05, 4.69) is 37.7 Å². The molecule has 19 heavy (non-hydrogen) atoms. The second-order valence-corrected chi connectivity index (χ2v) is 5.04. The van der Waals surface area contributed by atoms with Crippen molar-refractivity contribution in [3.05, 3.63) is 45.8 Å². The summed E-state index contributed by atoms with van der Waals surface area (Å²) in [6, 6.07) is 7.25. The van der Waals surface area contributed by atoms with Gasteiger partial charge in [-0.15, -0.1) is 0 Å². The predicted octanol–water partition coefficient (Wildman–Crippen LogP) is 1.94. The fourth-order valence-electron chi connectivity index (χ4n) is 1.51. The zero-order valence-corrected chi connectivity index (χ0v) is 12.3. The van der Waals surface area contributed by atoms with E-state index in [1.165, 1.54) is 0 Å². The van der Waals surface area contributed by atoms with Crippen LogP contribution in [0.2, 0.25) is 0 Å². The lowest BCUT2D eigenvalue weighted by atomic mass is 10.2. The molecule has 6 nitrogen and oxygen atoms in total. The van der Waals surface area contributed by atoms with Gasteiger partial charge in [-0.3, -0.25) is 0 Å². The molecule has 0 radical (unpaired) electrons. The van der Waals surface area contributed by atoms with Crippen molar-refractivity contribution in [1.82, 2.24) is 9.97 Å². The van der Waals surface area contributed by atoms with Crippen molar-refractivity contribution in [3.63, 3.8) is 0 Å². The van der Waals surface area contributed by atoms with Crippen LogP contribution in [0.1, 0.15) is 5.56 Å². The molecule has 1 aromatic carbocycles. The zero-order chi connectivity index (χ0) is 13.8. The second kappa shape index (κ2) is 5.83. The normalized spacial score (nSPS) is 11.4. The summed E-state index contributed by atoms with van der Waals surface area (Å²) in [5, 5.41) is 11.6. The molecule has 0 unspecified atom stereocenters. The first-order chi connectivity index (χ1) is 9.11. The van der Waals surface area contributed by atoms with E-state index in [0.717, 1.165) is 9.26 Å². The smallest absolute Gasteiger partial charge is 0.229 e. The van der Waals surface area contributed by atoms with Gasteiger partial charge in [0.05, 0.1) is 0 Å². The van der Waals surface area contributed by atoms with Gasteiger partial charge in [0.2, 0.25) is 5.95 Å². The molecule has 2 aromatic rings. The van der Waals surface area contributed by atoms with E-state index in [1.807, 2.05) is 24.1 Å². The summed E-state index contributed by atoms with van der Waals surface area (Å²) >= 11 is 2.16. The molecule has 1 heterocycles. The van der Waals surface area contributed by atoms with Gasteiger partial charge in [0.15, 0.2) is 5.84 Å². The summed E-state index contributed by atoms with van der Waals surface area (Å²) in [5.41, 5.74) is 7.08. The fourth-order valence-corrected chi connectivity index (χ4v) is 1.79. The SMILES string of the molecule is CN(c1ccc(/C(N)=N/O)cc1)c1ncc(I)cn1. The van der Waals surface area contributed by atoms with Crippen molar-refractivity contribution in [2.45, 2.75) is 0 Å². The van der Waals surface area contributed by atoms with E-state index < -0.39 is 0 Å². The molecule has 0 aliphatic rings. The lowest BCUT2D eigenvalue weighted by Gasteiger charge is -2.17. The van der Waals surface area contributed by atoms with Crippen LogP contribution >= 0.6 is 22.6 Å². The van der Waals surface area contributed by atoms with Crippen LogP contribution in [0.5, 0.6) is 0 Å². The van der Waals surface area contributed by atoms with Gasteiger partial charge in [-0.25, -0.2) is 9.97 Å². The molecule has 0 spiro atoms. The highest BCUT2D eigenvalue weighted by atomic mass is 127. The molecule has 1 aromatic heterocycles. The van der Waals surface area contributed by atoms with E-state index in [4.69, 9.17) is 10.9 Å². The molecule has 98 valence electrons. The number of nitrogens with zero attached hydrogens (tertiary/aromatic N) is 4. The van der Waals surface area contributed by atoms with Gasteiger partial charge in [0.1, 0.15) is 0 Å². The number of rotatable bonds is 3. The molecule has 0 aliphatic carbocycles. The van der Waals surface area contributed by atoms with Crippen LogP contribution in [0.3, 0.4) is 0 Å². The lowest BCUT2D eigenvalue weighted by Crippen LogP contribution is -2.15. The monoisotopic (exact) mass is 369 g/mol. The summed E-state index contributed by atoms with van der Waals surface area (Å²) < 4.78 is 0.983. The molecule has 0 atom stereocenters. The standard InChI is InChI=1S/C12H12IN5O/c1-18(12-15-6-9(13)7-16-12)10-4-2-8(3-5-10)11(14)17-19/h2-7,19H,1H3,(H2,14,17). The third-order valence-corrected chi connectivity index (χ3v) is 3.12. The fraction of sp³-hybridized carbons (Fsp3) is 0.0833. The van der Waals surface area contributed by atoms with Gasteiger partial charge in [0, 0.05) is 34.3 Å². The molecule has 2 rings (SSSR count). The largest absolute Gasteiger partial charge is 0.409 e. The number of nitrogens with two attached hydrogens (primary N) is 1. The minimum absolute atomic E-state index is 0.0831. The molecule has 0 saturated carbocycles. The first-order valence-corrected chi connectivity index (χ1v) is 6.49. The van der Waals surface area contributed by atoms with Crippen molar-refractivity contribution in [2.75, 3.05) is 11.9 Å². The molecular weight excluding hydrogens is 357 g/mol. The third-order valence-electron chi connectivity index (χ3n) is 2.56. The van der Waals surface area contributed by atoms with E-state index >= 15 is 0 Å². The number of benzene rings is 1. The maximum atomic E-state index is 8.60. The van der Waals surface area contributed by atoms with Crippen molar-refractivity contribution in [3.8, 4) is 0 Å². The van der Waals surface area contributed by atoms with Gasteiger partial charge in [-0.2, -0.15) is 0 Å². The molecule has 0 amide bonds. The van der Waals surface area contributed by atoms with Crippen molar-refractivity contribution in [1.29, 1.82) is 0 Å². The van der Waals surface area contributed by atoms with Gasteiger partial charge in [0.25, 0.3) is 0 Å². The number of halogens is 1. The van der Waals surface area contributed by atoms with Crippen molar-refractivity contribution >= 4 is 40.1 Å². The van der Waals surface area contributed by atoms with E-state index in [0.29, 0.717) is 11.5 Å².